The van der Waals surface area contributed by atoms with Gasteiger partial charge in [0.2, 0.25) is 0 Å². The first-order valence-corrected chi connectivity index (χ1v) is 5.81. The van der Waals surface area contributed by atoms with Gasteiger partial charge in [0, 0.05) is 5.56 Å². The van der Waals surface area contributed by atoms with Crippen LogP contribution in [-0.4, -0.2) is 0 Å². The second-order valence-electron chi connectivity index (χ2n) is 5.27. The molecule has 1 aromatic carbocycles. The molecule has 1 heterocycles. The summed E-state index contributed by atoms with van der Waals surface area (Å²) in [5, 5.41) is 0.678. The SMILES string of the molecule is CC1(C)C=Cc2oc3ccccc3c(=O)c2C1. The maximum absolute atomic E-state index is 12.4. The summed E-state index contributed by atoms with van der Waals surface area (Å²) in [7, 11) is 0. The first-order chi connectivity index (χ1) is 8.07. The van der Waals surface area contributed by atoms with Crippen LogP contribution in [0.3, 0.4) is 0 Å². The summed E-state index contributed by atoms with van der Waals surface area (Å²) in [6, 6.07) is 7.42. The maximum Gasteiger partial charge on any atom is 0.196 e. The van der Waals surface area contributed by atoms with Crippen molar-refractivity contribution in [3.05, 3.63) is 51.9 Å². The highest BCUT2D eigenvalue weighted by Crippen LogP contribution is 2.31. The fourth-order valence-corrected chi connectivity index (χ4v) is 2.32. The van der Waals surface area contributed by atoms with Crippen molar-refractivity contribution in [3.8, 4) is 0 Å². The van der Waals surface area contributed by atoms with Crippen LogP contribution in [0.1, 0.15) is 25.2 Å². The number of benzene rings is 1. The molecule has 0 N–H and O–H groups in total. The largest absolute Gasteiger partial charge is 0.456 e. The van der Waals surface area contributed by atoms with Gasteiger partial charge in [0.25, 0.3) is 0 Å². The molecular formula is C15H14O2. The van der Waals surface area contributed by atoms with Crippen LogP contribution in [-0.2, 0) is 6.42 Å². The molecule has 17 heavy (non-hydrogen) atoms. The van der Waals surface area contributed by atoms with Crippen molar-refractivity contribution < 1.29 is 4.42 Å². The number of hydrogen-bond acceptors (Lipinski definition) is 2. The minimum atomic E-state index is 0.0319. The van der Waals surface area contributed by atoms with Gasteiger partial charge in [-0.1, -0.05) is 32.1 Å². The molecule has 0 fully saturated rings. The van der Waals surface area contributed by atoms with Gasteiger partial charge < -0.3 is 4.42 Å². The van der Waals surface area contributed by atoms with Crippen molar-refractivity contribution in [2.75, 3.05) is 0 Å². The topological polar surface area (TPSA) is 30.2 Å². The monoisotopic (exact) mass is 226 g/mol. The minimum Gasteiger partial charge on any atom is -0.456 e. The van der Waals surface area contributed by atoms with Crippen molar-refractivity contribution >= 4 is 17.0 Å². The molecule has 0 unspecified atom stereocenters. The molecule has 2 heteroatoms. The molecule has 0 bridgehead atoms. The fourth-order valence-electron chi connectivity index (χ4n) is 2.32. The molecule has 0 aliphatic heterocycles. The first kappa shape index (κ1) is 10.3. The lowest BCUT2D eigenvalue weighted by molar-refractivity contribution is 0.455. The Bertz CT molecular complexity index is 675. The van der Waals surface area contributed by atoms with Gasteiger partial charge in [-0.2, -0.15) is 0 Å². The minimum absolute atomic E-state index is 0.0319. The third-order valence-electron chi connectivity index (χ3n) is 3.24. The number of rotatable bonds is 0. The predicted molar refractivity (Wildman–Crippen MR) is 69.0 cm³/mol. The van der Waals surface area contributed by atoms with Gasteiger partial charge in [-0.25, -0.2) is 0 Å². The van der Waals surface area contributed by atoms with Crippen LogP contribution < -0.4 is 5.43 Å². The maximum atomic E-state index is 12.4. The Kier molecular flexibility index (Phi) is 2.02. The Morgan fingerprint density at radius 3 is 2.82 bits per heavy atom. The van der Waals surface area contributed by atoms with Gasteiger partial charge in [0.1, 0.15) is 11.3 Å². The molecule has 3 rings (SSSR count). The lowest BCUT2D eigenvalue weighted by atomic mass is 9.81. The summed E-state index contributed by atoms with van der Waals surface area (Å²) in [6.07, 6.45) is 4.77. The Labute approximate surface area is 99.6 Å². The van der Waals surface area contributed by atoms with Gasteiger partial charge in [0.05, 0.1) is 5.39 Å². The molecule has 2 nitrogen and oxygen atoms in total. The highest BCUT2D eigenvalue weighted by molar-refractivity contribution is 5.78. The van der Waals surface area contributed by atoms with E-state index in [1.54, 1.807) is 0 Å². The van der Waals surface area contributed by atoms with Crippen molar-refractivity contribution in [1.82, 2.24) is 0 Å². The van der Waals surface area contributed by atoms with Crippen LogP contribution in [0.4, 0.5) is 0 Å². The van der Waals surface area contributed by atoms with E-state index < -0.39 is 0 Å². The summed E-state index contributed by atoms with van der Waals surface area (Å²) >= 11 is 0. The van der Waals surface area contributed by atoms with Crippen molar-refractivity contribution in [1.29, 1.82) is 0 Å². The summed E-state index contributed by atoms with van der Waals surface area (Å²) in [5.41, 5.74) is 1.61. The van der Waals surface area contributed by atoms with E-state index in [4.69, 9.17) is 4.42 Å². The standard InChI is InChI=1S/C15H14O2/c1-15(2)8-7-13-11(9-15)14(16)10-5-3-4-6-12(10)17-13/h3-8H,9H2,1-2H3. The van der Waals surface area contributed by atoms with Crippen LogP contribution in [0.25, 0.3) is 17.0 Å². The quantitative estimate of drug-likeness (QED) is 0.689. The smallest absolute Gasteiger partial charge is 0.196 e. The molecule has 0 atom stereocenters. The van der Waals surface area contributed by atoms with E-state index in [9.17, 15) is 4.79 Å². The molecule has 0 saturated heterocycles. The molecule has 0 amide bonds. The Morgan fingerprint density at radius 2 is 2.00 bits per heavy atom. The van der Waals surface area contributed by atoms with E-state index in [-0.39, 0.29) is 10.8 Å². The number of hydrogen-bond donors (Lipinski definition) is 0. The molecule has 1 aromatic heterocycles. The van der Waals surface area contributed by atoms with Crippen LogP contribution in [0.2, 0.25) is 0 Å². The highest BCUT2D eigenvalue weighted by Gasteiger charge is 2.25. The van der Waals surface area contributed by atoms with Gasteiger partial charge in [-0.15, -0.1) is 0 Å². The number of fused-ring (bicyclic) bond motifs is 2. The van der Waals surface area contributed by atoms with Gasteiger partial charge in [-0.05, 0) is 30.0 Å². The molecule has 0 radical (unpaired) electrons. The molecule has 0 saturated carbocycles. The predicted octanol–water partition coefficient (Wildman–Crippen LogP) is 3.39. The van der Waals surface area contributed by atoms with Crippen LogP contribution in [0, 0.1) is 5.41 Å². The van der Waals surface area contributed by atoms with E-state index in [0.29, 0.717) is 16.7 Å². The second kappa shape index (κ2) is 3.33. The van der Waals surface area contributed by atoms with Crippen LogP contribution in [0.5, 0.6) is 0 Å². The molecule has 1 aliphatic carbocycles. The summed E-state index contributed by atoms with van der Waals surface area (Å²) in [4.78, 5) is 12.4. The van der Waals surface area contributed by atoms with E-state index >= 15 is 0 Å². The lowest BCUT2D eigenvalue weighted by Crippen LogP contribution is -2.22. The number of para-hydroxylation sites is 1. The van der Waals surface area contributed by atoms with Crippen molar-refractivity contribution in [2.45, 2.75) is 20.3 Å². The molecule has 0 spiro atoms. The van der Waals surface area contributed by atoms with Gasteiger partial charge in [-0.3, -0.25) is 4.79 Å². The van der Waals surface area contributed by atoms with Crippen molar-refractivity contribution in [2.24, 2.45) is 5.41 Å². The molecule has 2 aromatic rings. The second-order valence-corrected chi connectivity index (χ2v) is 5.27. The molecular weight excluding hydrogens is 212 g/mol. The van der Waals surface area contributed by atoms with Gasteiger partial charge in [0.15, 0.2) is 5.43 Å². The lowest BCUT2D eigenvalue weighted by Gasteiger charge is -2.24. The zero-order valence-electron chi connectivity index (χ0n) is 9.99. The first-order valence-electron chi connectivity index (χ1n) is 5.81. The van der Waals surface area contributed by atoms with Crippen LogP contribution >= 0.6 is 0 Å². The van der Waals surface area contributed by atoms with E-state index in [1.807, 2.05) is 30.3 Å². The average molecular weight is 226 g/mol. The van der Waals surface area contributed by atoms with E-state index in [0.717, 1.165) is 12.0 Å². The van der Waals surface area contributed by atoms with Crippen LogP contribution in [0.15, 0.2) is 39.6 Å². The third kappa shape index (κ3) is 1.60. The Balaban J connectivity index is 2.37. The molecule has 1 aliphatic rings. The van der Waals surface area contributed by atoms with Crippen molar-refractivity contribution in [3.63, 3.8) is 0 Å². The number of allylic oxidation sites excluding steroid dienone is 1. The zero-order valence-corrected chi connectivity index (χ0v) is 9.99. The van der Waals surface area contributed by atoms with Gasteiger partial charge >= 0.3 is 0 Å². The average Bonchev–Trinajstić information content (AvgIpc) is 2.30. The summed E-state index contributed by atoms with van der Waals surface area (Å²) in [5.74, 6) is 0.716. The van der Waals surface area contributed by atoms with E-state index in [2.05, 4.69) is 19.9 Å². The normalized spacial score (nSPS) is 17.1. The summed E-state index contributed by atoms with van der Waals surface area (Å²) < 4.78 is 5.77. The summed E-state index contributed by atoms with van der Waals surface area (Å²) in [6.45, 7) is 4.25. The highest BCUT2D eigenvalue weighted by atomic mass is 16.3. The molecule has 86 valence electrons. The third-order valence-corrected chi connectivity index (χ3v) is 3.24. The zero-order chi connectivity index (χ0) is 12.0. The Morgan fingerprint density at radius 1 is 1.24 bits per heavy atom. The van der Waals surface area contributed by atoms with E-state index in [1.165, 1.54) is 0 Å². The fraction of sp³-hybridized carbons (Fsp3) is 0.267. The Hall–Kier alpha value is -1.83.